The van der Waals surface area contributed by atoms with Crippen LogP contribution in [0.3, 0.4) is 0 Å². The van der Waals surface area contributed by atoms with Crippen molar-refractivity contribution in [3.63, 3.8) is 0 Å². The molecule has 5 heteroatoms. The molecule has 1 aromatic heterocycles. The van der Waals surface area contributed by atoms with Gasteiger partial charge in [-0.2, -0.15) is 0 Å². The SMILES string of the molecule is CCOC(=O)C(C)Nc1cnccn1. The van der Waals surface area contributed by atoms with Gasteiger partial charge in [0.25, 0.3) is 0 Å². The lowest BCUT2D eigenvalue weighted by atomic mass is 10.3. The monoisotopic (exact) mass is 195 g/mol. The van der Waals surface area contributed by atoms with Crippen LogP contribution in [0.25, 0.3) is 0 Å². The number of carbonyl (C=O) groups excluding carboxylic acids is 1. The van der Waals surface area contributed by atoms with Crippen LogP contribution in [0, 0.1) is 0 Å². The zero-order valence-corrected chi connectivity index (χ0v) is 8.23. The van der Waals surface area contributed by atoms with Gasteiger partial charge < -0.3 is 10.1 Å². The predicted octanol–water partition coefficient (Wildman–Crippen LogP) is 0.840. The fraction of sp³-hybridized carbons (Fsp3) is 0.444. The first-order chi connectivity index (χ1) is 6.74. The van der Waals surface area contributed by atoms with Crippen molar-refractivity contribution in [3.05, 3.63) is 18.6 Å². The minimum Gasteiger partial charge on any atom is -0.464 e. The van der Waals surface area contributed by atoms with E-state index in [9.17, 15) is 4.79 Å². The van der Waals surface area contributed by atoms with Crippen molar-refractivity contribution in [2.24, 2.45) is 0 Å². The zero-order chi connectivity index (χ0) is 10.4. The topological polar surface area (TPSA) is 64.1 Å². The molecule has 5 nitrogen and oxygen atoms in total. The summed E-state index contributed by atoms with van der Waals surface area (Å²) in [5.41, 5.74) is 0. The van der Waals surface area contributed by atoms with Gasteiger partial charge in [-0.3, -0.25) is 4.98 Å². The summed E-state index contributed by atoms with van der Waals surface area (Å²) >= 11 is 0. The van der Waals surface area contributed by atoms with Crippen LogP contribution in [0.5, 0.6) is 0 Å². The Labute approximate surface area is 82.5 Å². The van der Waals surface area contributed by atoms with E-state index in [1.54, 1.807) is 32.4 Å². The number of aromatic nitrogens is 2. The summed E-state index contributed by atoms with van der Waals surface area (Å²) in [6.45, 7) is 3.87. The number of nitrogens with zero attached hydrogens (tertiary/aromatic N) is 2. The van der Waals surface area contributed by atoms with Gasteiger partial charge in [0, 0.05) is 12.4 Å². The molecule has 1 heterocycles. The standard InChI is InChI=1S/C9H13N3O2/c1-3-14-9(13)7(2)12-8-6-10-4-5-11-8/h4-7H,3H2,1-2H3,(H,11,12). The molecule has 0 fully saturated rings. The number of hydrogen-bond donors (Lipinski definition) is 1. The van der Waals surface area contributed by atoms with Crippen molar-refractivity contribution in [2.45, 2.75) is 19.9 Å². The van der Waals surface area contributed by atoms with Crippen LogP contribution >= 0.6 is 0 Å². The van der Waals surface area contributed by atoms with Crippen LogP contribution in [0.4, 0.5) is 5.82 Å². The van der Waals surface area contributed by atoms with E-state index in [1.807, 2.05) is 0 Å². The Morgan fingerprint density at radius 1 is 1.64 bits per heavy atom. The van der Waals surface area contributed by atoms with Crippen LogP contribution in [0.1, 0.15) is 13.8 Å². The van der Waals surface area contributed by atoms with Crippen LogP contribution in [0.15, 0.2) is 18.6 Å². The van der Waals surface area contributed by atoms with Gasteiger partial charge in [-0.1, -0.05) is 0 Å². The third-order valence-electron chi connectivity index (χ3n) is 1.57. The Morgan fingerprint density at radius 3 is 3.00 bits per heavy atom. The van der Waals surface area contributed by atoms with Crippen molar-refractivity contribution in [2.75, 3.05) is 11.9 Å². The Bertz CT molecular complexity index is 289. The quantitative estimate of drug-likeness (QED) is 0.721. The molecule has 0 bridgehead atoms. The van der Waals surface area contributed by atoms with E-state index in [4.69, 9.17) is 4.74 Å². The van der Waals surface area contributed by atoms with Crippen molar-refractivity contribution < 1.29 is 9.53 Å². The van der Waals surface area contributed by atoms with E-state index in [0.717, 1.165) is 0 Å². The smallest absolute Gasteiger partial charge is 0.328 e. The molecule has 0 aliphatic carbocycles. The number of esters is 1. The Morgan fingerprint density at radius 2 is 2.43 bits per heavy atom. The summed E-state index contributed by atoms with van der Waals surface area (Å²) < 4.78 is 4.83. The molecule has 0 aliphatic rings. The highest BCUT2D eigenvalue weighted by Crippen LogP contribution is 2.01. The summed E-state index contributed by atoms with van der Waals surface area (Å²) in [4.78, 5) is 19.1. The molecule has 0 saturated heterocycles. The average Bonchev–Trinajstić information content (AvgIpc) is 2.19. The Hall–Kier alpha value is -1.65. The fourth-order valence-corrected chi connectivity index (χ4v) is 0.922. The Balaban J connectivity index is 2.49. The van der Waals surface area contributed by atoms with E-state index in [1.165, 1.54) is 0 Å². The second kappa shape index (κ2) is 5.16. The normalized spacial score (nSPS) is 11.9. The number of rotatable bonds is 4. The molecule has 14 heavy (non-hydrogen) atoms. The first-order valence-corrected chi connectivity index (χ1v) is 4.43. The fourth-order valence-electron chi connectivity index (χ4n) is 0.922. The number of nitrogens with one attached hydrogen (secondary N) is 1. The van der Waals surface area contributed by atoms with Gasteiger partial charge in [0.05, 0.1) is 12.8 Å². The minimum absolute atomic E-state index is 0.293. The summed E-state index contributed by atoms with van der Waals surface area (Å²) in [6.07, 6.45) is 4.68. The van der Waals surface area contributed by atoms with Crippen molar-refractivity contribution >= 4 is 11.8 Å². The molecule has 0 saturated carbocycles. The third kappa shape index (κ3) is 3.01. The van der Waals surface area contributed by atoms with Crippen LogP contribution < -0.4 is 5.32 Å². The molecular weight excluding hydrogens is 182 g/mol. The van der Waals surface area contributed by atoms with Crippen molar-refractivity contribution in [1.82, 2.24) is 9.97 Å². The van der Waals surface area contributed by atoms with Gasteiger partial charge in [0.2, 0.25) is 0 Å². The van der Waals surface area contributed by atoms with E-state index in [0.29, 0.717) is 12.4 Å². The summed E-state index contributed by atoms with van der Waals surface area (Å²) in [5, 5.41) is 2.88. The van der Waals surface area contributed by atoms with E-state index in [-0.39, 0.29) is 5.97 Å². The molecule has 1 unspecified atom stereocenters. The molecule has 0 aromatic carbocycles. The highest BCUT2D eigenvalue weighted by Gasteiger charge is 2.13. The first kappa shape index (κ1) is 10.4. The summed E-state index contributed by atoms with van der Waals surface area (Å²) in [5.74, 6) is 0.270. The van der Waals surface area contributed by atoms with Gasteiger partial charge in [-0.25, -0.2) is 9.78 Å². The number of anilines is 1. The Kier molecular flexibility index (Phi) is 3.84. The number of carbonyl (C=O) groups is 1. The van der Waals surface area contributed by atoms with Gasteiger partial charge >= 0.3 is 5.97 Å². The van der Waals surface area contributed by atoms with E-state index in [2.05, 4.69) is 15.3 Å². The van der Waals surface area contributed by atoms with Gasteiger partial charge in [0.1, 0.15) is 11.9 Å². The van der Waals surface area contributed by atoms with E-state index >= 15 is 0 Å². The van der Waals surface area contributed by atoms with Crippen molar-refractivity contribution in [1.29, 1.82) is 0 Å². The van der Waals surface area contributed by atoms with Crippen LogP contribution in [-0.2, 0) is 9.53 Å². The maximum atomic E-state index is 11.2. The minimum atomic E-state index is -0.411. The molecular formula is C9H13N3O2. The van der Waals surface area contributed by atoms with E-state index < -0.39 is 6.04 Å². The van der Waals surface area contributed by atoms with Crippen LogP contribution in [-0.4, -0.2) is 28.6 Å². The van der Waals surface area contributed by atoms with Gasteiger partial charge in [-0.05, 0) is 13.8 Å². The highest BCUT2D eigenvalue weighted by atomic mass is 16.5. The molecule has 1 rings (SSSR count). The lowest BCUT2D eigenvalue weighted by Crippen LogP contribution is -2.28. The highest BCUT2D eigenvalue weighted by molar-refractivity contribution is 5.78. The molecule has 1 aromatic rings. The summed E-state index contributed by atoms with van der Waals surface area (Å²) in [7, 11) is 0. The lowest BCUT2D eigenvalue weighted by molar-refractivity contribution is -0.143. The first-order valence-electron chi connectivity index (χ1n) is 4.43. The lowest BCUT2D eigenvalue weighted by Gasteiger charge is -2.12. The molecule has 1 N–H and O–H groups in total. The largest absolute Gasteiger partial charge is 0.464 e. The summed E-state index contributed by atoms with van der Waals surface area (Å²) in [6, 6.07) is -0.411. The number of hydrogen-bond acceptors (Lipinski definition) is 5. The number of ether oxygens (including phenoxy) is 1. The maximum absolute atomic E-state index is 11.2. The average molecular weight is 195 g/mol. The zero-order valence-electron chi connectivity index (χ0n) is 8.23. The van der Waals surface area contributed by atoms with Crippen molar-refractivity contribution in [3.8, 4) is 0 Å². The van der Waals surface area contributed by atoms with Gasteiger partial charge in [0.15, 0.2) is 0 Å². The maximum Gasteiger partial charge on any atom is 0.328 e. The van der Waals surface area contributed by atoms with Crippen LogP contribution in [0.2, 0.25) is 0 Å². The molecule has 0 radical (unpaired) electrons. The van der Waals surface area contributed by atoms with Gasteiger partial charge in [-0.15, -0.1) is 0 Å². The molecule has 1 atom stereocenters. The molecule has 76 valence electrons. The molecule has 0 amide bonds. The second-order valence-electron chi connectivity index (χ2n) is 2.71. The predicted molar refractivity (Wildman–Crippen MR) is 51.7 cm³/mol. The molecule has 0 aliphatic heterocycles. The third-order valence-corrected chi connectivity index (χ3v) is 1.57. The second-order valence-corrected chi connectivity index (χ2v) is 2.71. The molecule has 0 spiro atoms.